The molecular weight excluding hydrogens is 420 g/mol. The highest BCUT2D eigenvalue weighted by Gasteiger charge is 2.23. The fourth-order valence-corrected chi connectivity index (χ4v) is 3.48. The van der Waals surface area contributed by atoms with Crippen LogP contribution in [-0.2, 0) is 6.42 Å². The Morgan fingerprint density at radius 2 is 1.97 bits per heavy atom. The molecule has 1 N–H and O–H groups in total. The molecule has 9 heteroatoms. The van der Waals surface area contributed by atoms with Crippen molar-refractivity contribution in [3.05, 3.63) is 72.0 Å². The molecule has 9 nitrogen and oxygen atoms in total. The average molecular weight is 447 g/mol. The van der Waals surface area contributed by atoms with Crippen molar-refractivity contribution in [2.45, 2.75) is 13.3 Å². The summed E-state index contributed by atoms with van der Waals surface area (Å²) in [7, 11) is 5.57. The first kappa shape index (κ1) is 22.2. The maximum absolute atomic E-state index is 13.2. The first-order valence-corrected chi connectivity index (χ1v) is 10.5. The monoisotopic (exact) mass is 446 g/mol. The number of carbonyl (C=O) groups is 1. The van der Waals surface area contributed by atoms with E-state index < -0.39 is 0 Å². The lowest BCUT2D eigenvalue weighted by molar-refractivity contribution is 0.102. The van der Waals surface area contributed by atoms with Gasteiger partial charge in [-0.2, -0.15) is 4.98 Å². The Hall–Kier alpha value is -3.98. The van der Waals surface area contributed by atoms with E-state index in [4.69, 9.17) is 9.26 Å². The molecule has 0 bridgehead atoms. The van der Waals surface area contributed by atoms with E-state index in [0.29, 0.717) is 34.4 Å². The number of methoxy groups -OCH3 is 1. The number of hydrogen-bond donors (Lipinski definition) is 1. The molecular formula is C24H26N6O3. The summed E-state index contributed by atoms with van der Waals surface area (Å²) in [6.07, 6.45) is 4.37. The molecule has 0 atom stereocenters. The van der Waals surface area contributed by atoms with Crippen LogP contribution in [0, 0.1) is 6.92 Å². The van der Waals surface area contributed by atoms with Gasteiger partial charge in [0.1, 0.15) is 34.9 Å². The van der Waals surface area contributed by atoms with Crippen molar-refractivity contribution in [2.24, 2.45) is 0 Å². The molecule has 0 unspecified atom stereocenters. The quantitative estimate of drug-likeness (QED) is 0.442. The van der Waals surface area contributed by atoms with Crippen molar-refractivity contribution in [1.29, 1.82) is 0 Å². The Labute approximate surface area is 192 Å². The molecule has 170 valence electrons. The van der Waals surface area contributed by atoms with Crippen molar-refractivity contribution in [1.82, 2.24) is 24.6 Å². The second-order valence-electron chi connectivity index (χ2n) is 7.82. The van der Waals surface area contributed by atoms with Gasteiger partial charge in [0.05, 0.1) is 7.11 Å². The lowest BCUT2D eigenvalue weighted by Crippen LogP contribution is -2.17. The highest BCUT2D eigenvalue weighted by Crippen LogP contribution is 2.29. The zero-order valence-corrected chi connectivity index (χ0v) is 19.1. The molecule has 4 rings (SSSR count). The van der Waals surface area contributed by atoms with Gasteiger partial charge in [0.15, 0.2) is 0 Å². The standard InChI is InChI=1S/C24H26N6O3/c1-16-21(22(28-33-16)17-8-6-5-7-9-17)23(31)26-19-10-11-20(27-24(19)32-4)30-15-25-14-18(30)12-13-29(2)3/h5-11,14-15H,12-13H2,1-4H3,(H,26,31). The number of nitrogens with one attached hydrogen (secondary N) is 1. The van der Waals surface area contributed by atoms with Crippen LogP contribution < -0.4 is 10.1 Å². The summed E-state index contributed by atoms with van der Waals surface area (Å²) in [6.45, 7) is 2.60. The van der Waals surface area contributed by atoms with Gasteiger partial charge in [-0.05, 0) is 33.2 Å². The van der Waals surface area contributed by atoms with E-state index >= 15 is 0 Å². The fourth-order valence-electron chi connectivity index (χ4n) is 3.48. The van der Waals surface area contributed by atoms with Crippen LogP contribution in [0.4, 0.5) is 5.69 Å². The molecule has 0 saturated carbocycles. The summed E-state index contributed by atoms with van der Waals surface area (Å²) in [5, 5.41) is 6.97. The van der Waals surface area contributed by atoms with E-state index in [1.807, 2.05) is 61.3 Å². The van der Waals surface area contributed by atoms with E-state index in [1.165, 1.54) is 7.11 Å². The second-order valence-corrected chi connectivity index (χ2v) is 7.82. The van der Waals surface area contributed by atoms with Crippen molar-refractivity contribution in [3.8, 4) is 23.0 Å². The molecule has 3 aromatic heterocycles. The minimum Gasteiger partial charge on any atom is -0.479 e. The Kier molecular flexibility index (Phi) is 6.50. The molecule has 0 radical (unpaired) electrons. The lowest BCUT2D eigenvalue weighted by atomic mass is 10.1. The number of imidazole rings is 1. The number of pyridine rings is 1. The number of rotatable bonds is 8. The van der Waals surface area contributed by atoms with Gasteiger partial charge in [0.2, 0.25) is 5.88 Å². The summed E-state index contributed by atoms with van der Waals surface area (Å²) in [6, 6.07) is 13.0. The van der Waals surface area contributed by atoms with Crippen LogP contribution in [0.2, 0.25) is 0 Å². The zero-order chi connectivity index (χ0) is 23.4. The summed E-state index contributed by atoms with van der Waals surface area (Å²) in [4.78, 5) is 24.1. The summed E-state index contributed by atoms with van der Waals surface area (Å²) in [5.41, 5.74) is 3.12. The first-order chi connectivity index (χ1) is 16.0. The van der Waals surface area contributed by atoms with Crippen LogP contribution >= 0.6 is 0 Å². The maximum atomic E-state index is 13.2. The molecule has 4 aromatic rings. The molecule has 0 aliphatic heterocycles. The fraction of sp³-hybridized carbons (Fsp3) is 0.250. The van der Waals surface area contributed by atoms with Gasteiger partial charge in [0, 0.05) is 30.4 Å². The van der Waals surface area contributed by atoms with E-state index in [-0.39, 0.29) is 5.91 Å². The highest BCUT2D eigenvalue weighted by atomic mass is 16.5. The smallest absolute Gasteiger partial charge is 0.261 e. The maximum Gasteiger partial charge on any atom is 0.261 e. The highest BCUT2D eigenvalue weighted by molar-refractivity contribution is 6.09. The predicted molar refractivity (Wildman–Crippen MR) is 125 cm³/mol. The van der Waals surface area contributed by atoms with Crippen LogP contribution in [0.5, 0.6) is 5.88 Å². The minimum absolute atomic E-state index is 0.295. The number of benzene rings is 1. The second kappa shape index (κ2) is 9.66. The largest absolute Gasteiger partial charge is 0.479 e. The molecule has 0 spiro atoms. The van der Waals surface area contributed by atoms with Crippen LogP contribution in [0.15, 0.2) is 59.5 Å². The van der Waals surface area contributed by atoms with E-state index in [9.17, 15) is 4.79 Å². The van der Waals surface area contributed by atoms with Crippen molar-refractivity contribution in [3.63, 3.8) is 0 Å². The van der Waals surface area contributed by atoms with E-state index in [1.54, 1.807) is 19.3 Å². The number of carbonyl (C=O) groups excluding carboxylic acids is 1. The molecule has 0 aliphatic carbocycles. The van der Waals surface area contributed by atoms with Gasteiger partial charge in [-0.15, -0.1) is 0 Å². The van der Waals surface area contributed by atoms with Crippen molar-refractivity contribution >= 4 is 11.6 Å². The molecule has 33 heavy (non-hydrogen) atoms. The minimum atomic E-state index is -0.352. The number of ether oxygens (including phenoxy) is 1. The van der Waals surface area contributed by atoms with Crippen molar-refractivity contribution in [2.75, 3.05) is 33.1 Å². The molecule has 0 saturated heterocycles. The SMILES string of the molecule is COc1nc(-n2cncc2CCN(C)C)ccc1NC(=O)c1c(-c2ccccc2)noc1C. The van der Waals surface area contributed by atoms with Crippen LogP contribution in [0.25, 0.3) is 17.1 Å². The summed E-state index contributed by atoms with van der Waals surface area (Å²) in [5.74, 6) is 1.03. The third-order valence-electron chi connectivity index (χ3n) is 5.20. The van der Waals surface area contributed by atoms with Crippen LogP contribution in [0.3, 0.4) is 0 Å². The van der Waals surface area contributed by atoms with Gasteiger partial charge in [0.25, 0.3) is 5.91 Å². The van der Waals surface area contributed by atoms with Gasteiger partial charge in [-0.3, -0.25) is 9.36 Å². The number of aryl methyl sites for hydroxylation is 1. The predicted octanol–water partition coefficient (Wildman–Crippen LogP) is 3.60. The number of hydrogen-bond acceptors (Lipinski definition) is 7. The van der Waals surface area contributed by atoms with Gasteiger partial charge in [-0.25, -0.2) is 4.98 Å². The molecule has 1 aromatic carbocycles. The average Bonchev–Trinajstić information content (AvgIpc) is 3.45. The van der Waals surface area contributed by atoms with Crippen molar-refractivity contribution < 1.29 is 14.1 Å². The van der Waals surface area contributed by atoms with E-state index in [2.05, 4.69) is 25.3 Å². The number of anilines is 1. The van der Waals surface area contributed by atoms with Gasteiger partial charge >= 0.3 is 0 Å². The molecule has 0 fully saturated rings. The number of likely N-dealkylation sites (N-methyl/N-ethyl adjacent to an activating group) is 1. The van der Waals surface area contributed by atoms with Gasteiger partial charge < -0.3 is 19.5 Å². The Morgan fingerprint density at radius 3 is 2.70 bits per heavy atom. The molecule has 1 amide bonds. The van der Waals surface area contributed by atoms with Crippen LogP contribution in [-0.4, -0.2) is 58.2 Å². The normalized spacial score (nSPS) is 11.1. The topological polar surface area (TPSA) is 98.3 Å². The third kappa shape index (κ3) is 4.78. The first-order valence-electron chi connectivity index (χ1n) is 10.5. The third-order valence-corrected chi connectivity index (χ3v) is 5.20. The number of aromatic nitrogens is 4. The van der Waals surface area contributed by atoms with Crippen LogP contribution in [0.1, 0.15) is 21.8 Å². The summed E-state index contributed by atoms with van der Waals surface area (Å²) >= 11 is 0. The molecule has 0 aliphatic rings. The Bertz CT molecular complexity index is 1250. The Balaban J connectivity index is 1.60. The lowest BCUT2D eigenvalue weighted by Gasteiger charge is -2.14. The van der Waals surface area contributed by atoms with Gasteiger partial charge in [-0.1, -0.05) is 35.5 Å². The zero-order valence-electron chi connectivity index (χ0n) is 19.1. The Morgan fingerprint density at radius 1 is 1.18 bits per heavy atom. The van der Waals surface area contributed by atoms with E-state index in [0.717, 1.165) is 24.2 Å². The molecule has 3 heterocycles. The number of amides is 1. The summed E-state index contributed by atoms with van der Waals surface area (Å²) < 4.78 is 12.7. The number of nitrogens with zero attached hydrogens (tertiary/aromatic N) is 5.